The summed E-state index contributed by atoms with van der Waals surface area (Å²) in [6.07, 6.45) is 1.11. The molecule has 1 aliphatic heterocycles. The molecule has 2 unspecified atom stereocenters. The predicted octanol–water partition coefficient (Wildman–Crippen LogP) is 2.82. The summed E-state index contributed by atoms with van der Waals surface area (Å²) in [6.45, 7) is 13.4. The number of aliphatic imine (C=N–C) groups is 1. The highest BCUT2D eigenvalue weighted by Crippen LogP contribution is 2.39. The SMILES string of the molecule is CC(C)(C)C1CC(C(C)(C)C)C(N)=N1. The third-order valence-electron chi connectivity index (χ3n) is 3.17. The molecule has 1 heterocycles. The lowest BCUT2D eigenvalue weighted by Gasteiger charge is -2.29. The van der Waals surface area contributed by atoms with E-state index in [4.69, 9.17) is 5.73 Å². The zero-order valence-corrected chi connectivity index (χ0v) is 10.4. The van der Waals surface area contributed by atoms with E-state index in [1.165, 1.54) is 0 Å². The minimum atomic E-state index is 0.241. The molecule has 14 heavy (non-hydrogen) atoms. The summed E-state index contributed by atoms with van der Waals surface area (Å²) < 4.78 is 0. The van der Waals surface area contributed by atoms with E-state index in [0.717, 1.165) is 12.3 Å². The number of hydrogen-bond acceptors (Lipinski definition) is 2. The van der Waals surface area contributed by atoms with E-state index in [9.17, 15) is 0 Å². The van der Waals surface area contributed by atoms with Gasteiger partial charge in [0.15, 0.2) is 0 Å². The molecule has 0 fully saturated rings. The van der Waals surface area contributed by atoms with Gasteiger partial charge in [0.25, 0.3) is 0 Å². The van der Waals surface area contributed by atoms with E-state index in [2.05, 4.69) is 46.5 Å². The Morgan fingerprint density at radius 2 is 1.57 bits per heavy atom. The van der Waals surface area contributed by atoms with Gasteiger partial charge in [0.2, 0.25) is 0 Å². The monoisotopic (exact) mass is 196 g/mol. The Balaban J connectivity index is 2.80. The highest BCUT2D eigenvalue weighted by Gasteiger charge is 2.39. The van der Waals surface area contributed by atoms with Crippen molar-refractivity contribution >= 4 is 5.84 Å². The van der Waals surface area contributed by atoms with E-state index >= 15 is 0 Å². The Labute approximate surface area is 88.0 Å². The van der Waals surface area contributed by atoms with Crippen LogP contribution >= 0.6 is 0 Å². The Bertz CT molecular complexity index is 240. The van der Waals surface area contributed by atoms with Crippen LogP contribution in [0.1, 0.15) is 48.0 Å². The molecule has 0 saturated carbocycles. The molecule has 2 atom stereocenters. The van der Waals surface area contributed by atoms with Crippen LogP contribution < -0.4 is 5.73 Å². The van der Waals surface area contributed by atoms with Gasteiger partial charge in [-0.3, -0.25) is 4.99 Å². The molecule has 0 spiro atoms. The van der Waals surface area contributed by atoms with E-state index in [-0.39, 0.29) is 10.8 Å². The number of nitrogens with zero attached hydrogens (tertiary/aromatic N) is 1. The van der Waals surface area contributed by atoms with E-state index < -0.39 is 0 Å². The van der Waals surface area contributed by atoms with Crippen LogP contribution in [0.5, 0.6) is 0 Å². The summed E-state index contributed by atoms with van der Waals surface area (Å²) in [5.74, 6) is 1.31. The van der Waals surface area contributed by atoms with Gasteiger partial charge in [-0.2, -0.15) is 0 Å². The molecule has 0 aromatic rings. The largest absolute Gasteiger partial charge is 0.387 e. The van der Waals surface area contributed by atoms with Crippen LogP contribution in [0.3, 0.4) is 0 Å². The molecule has 2 N–H and O–H groups in total. The Morgan fingerprint density at radius 3 is 1.79 bits per heavy atom. The smallest absolute Gasteiger partial charge is 0.0978 e. The van der Waals surface area contributed by atoms with Gasteiger partial charge >= 0.3 is 0 Å². The van der Waals surface area contributed by atoms with Crippen LogP contribution in [0.2, 0.25) is 0 Å². The number of amidine groups is 1. The lowest BCUT2D eigenvalue weighted by Crippen LogP contribution is -2.32. The van der Waals surface area contributed by atoms with Crippen molar-refractivity contribution in [2.75, 3.05) is 0 Å². The molecule has 0 aromatic carbocycles. The van der Waals surface area contributed by atoms with Crippen LogP contribution in [-0.4, -0.2) is 11.9 Å². The van der Waals surface area contributed by atoms with Gasteiger partial charge in [0.05, 0.1) is 11.9 Å². The lowest BCUT2D eigenvalue weighted by molar-refractivity contribution is 0.247. The number of hydrogen-bond donors (Lipinski definition) is 1. The summed E-state index contributed by atoms with van der Waals surface area (Å²) in [4.78, 5) is 4.60. The van der Waals surface area contributed by atoms with Crippen molar-refractivity contribution in [3.05, 3.63) is 0 Å². The predicted molar refractivity (Wildman–Crippen MR) is 62.4 cm³/mol. The quantitative estimate of drug-likeness (QED) is 0.635. The molecule has 1 rings (SSSR count). The molecule has 0 amide bonds. The number of rotatable bonds is 0. The lowest BCUT2D eigenvalue weighted by atomic mass is 9.75. The van der Waals surface area contributed by atoms with Gasteiger partial charge in [-0.05, 0) is 17.3 Å². The topological polar surface area (TPSA) is 38.4 Å². The molecule has 1 aliphatic rings. The average molecular weight is 196 g/mol. The maximum atomic E-state index is 6.00. The fraction of sp³-hybridized carbons (Fsp3) is 0.917. The second-order valence-electron chi connectivity index (χ2n) is 6.59. The van der Waals surface area contributed by atoms with Crippen LogP contribution in [0.25, 0.3) is 0 Å². The van der Waals surface area contributed by atoms with Crippen molar-refractivity contribution < 1.29 is 0 Å². The maximum absolute atomic E-state index is 6.00. The molecule has 0 radical (unpaired) electrons. The van der Waals surface area contributed by atoms with Crippen molar-refractivity contribution in [2.45, 2.75) is 54.0 Å². The van der Waals surface area contributed by atoms with Gasteiger partial charge in [-0.15, -0.1) is 0 Å². The van der Waals surface area contributed by atoms with Gasteiger partial charge in [0.1, 0.15) is 0 Å². The van der Waals surface area contributed by atoms with Crippen molar-refractivity contribution in [1.82, 2.24) is 0 Å². The first-order chi connectivity index (χ1) is 6.12. The van der Waals surface area contributed by atoms with E-state index in [0.29, 0.717) is 12.0 Å². The van der Waals surface area contributed by atoms with Crippen LogP contribution in [0.15, 0.2) is 4.99 Å². The first kappa shape index (κ1) is 11.5. The van der Waals surface area contributed by atoms with Crippen LogP contribution in [0, 0.1) is 16.7 Å². The third-order valence-corrected chi connectivity index (χ3v) is 3.17. The Kier molecular flexibility index (Phi) is 2.68. The maximum Gasteiger partial charge on any atom is 0.0978 e. The zero-order valence-electron chi connectivity index (χ0n) is 10.4. The minimum absolute atomic E-state index is 0.241. The highest BCUT2D eigenvalue weighted by molar-refractivity contribution is 5.85. The zero-order chi connectivity index (χ0) is 11.1. The standard InChI is InChI=1S/C12H24N2/c1-11(2,3)8-7-9(12(4,5)6)14-10(8)13/h8-9H,7H2,1-6H3,(H2,13,14). The fourth-order valence-electron chi connectivity index (χ4n) is 2.01. The number of nitrogens with two attached hydrogens (primary N) is 1. The minimum Gasteiger partial charge on any atom is -0.387 e. The van der Waals surface area contributed by atoms with Crippen LogP contribution in [0.4, 0.5) is 0 Å². The van der Waals surface area contributed by atoms with Crippen molar-refractivity contribution in [2.24, 2.45) is 27.5 Å². The van der Waals surface area contributed by atoms with Crippen molar-refractivity contribution in [3.63, 3.8) is 0 Å². The second-order valence-corrected chi connectivity index (χ2v) is 6.59. The molecule has 0 aliphatic carbocycles. The fourth-order valence-corrected chi connectivity index (χ4v) is 2.01. The summed E-state index contributed by atoms with van der Waals surface area (Å²) in [7, 11) is 0. The second kappa shape index (κ2) is 3.25. The normalized spacial score (nSPS) is 29.1. The van der Waals surface area contributed by atoms with Crippen molar-refractivity contribution in [3.8, 4) is 0 Å². The van der Waals surface area contributed by atoms with Crippen LogP contribution in [-0.2, 0) is 0 Å². The molecular formula is C12H24N2. The van der Waals surface area contributed by atoms with E-state index in [1.54, 1.807) is 0 Å². The molecule has 0 bridgehead atoms. The van der Waals surface area contributed by atoms with Gasteiger partial charge in [0, 0.05) is 5.92 Å². The average Bonchev–Trinajstić information content (AvgIpc) is 2.27. The first-order valence-corrected chi connectivity index (χ1v) is 5.45. The molecule has 0 aromatic heterocycles. The summed E-state index contributed by atoms with van der Waals surface area (Å²) in [5, 5.41) is 0. The van der Waals surface area contributed by atoms with Gasteiger partial charge in [-0.25, -0.2) is 0 Å². The summed E-state index contributed by atoms with van der Waals surface area (Å²) in [6, 6.07) is 0.395. The molecule has 82 valence electrons. The van der Waals surface area contributed by atoms with E-state index in [1.807, 2.05) is 0 Å². The van der Waals surface area contributed by atoms with Gasteiger partial charge < -0.3 is 5.73 Å². The Hall–Kier alpha value is -0.530. The molecule has 0 saturated heterocycles. The summed E-state index contributed by atoms with van der Waals surface area (Å²) in [5.41, 5.74) is 6.49. The highest BCUT2D eigenvalue weighted by atomic mass is 15.0. The Morgan fingerprint density at radius 1 is 1.07 bits per heavy atom. The summed E-state index contributed by atoms with van der Waals surface area (Å²) >= 11 is 0. The van der Waals surface area contributed by atoms with Gasteiger partial charge in [-0.1, -0.05) is 41.5 Å². The first-order valence-electron chi connectivity index (χ1n) is 5.45. The molecular weight excluding hydrogens is 172 g/mol. The molecule has 2 heteroatoms. The third kappa shape index (κ3) is 2.28. The van der Waals surface area contributed by atoms with Crippen molar-refractivity contribution in [1.29, 1.82) is 0 Å². The molecule has 2 nitrogen and oxygen atoms in total.